The molecule has 7 heteroatoms. The number of aromatic nitrogens is 3. The molecule has 2 aromatic heterocycles. The quantitative estimate of drug-likeness (QED) is 0.410. The average molecular weight is 442 g/mol. The van der Waals surface area contributed by atoms with Gasteiger partial charge in [0, 0.05) is 19.3 Å². The van der Waals surface area contributed by atoms with E-state index in [1.165, 1.54) is 25.7 Å². The zero-order chi connectivity index (χ0) is 16.1. The third-order valence-electron chi connectivity index (χ3n) is 4.90. The Kier molecular flexibility index (Phi) is 6.82. The summed E-state index contributed by atoms with van der Waals surface area (Å²) in [6, 6.07) is 5.89. The highest BCUT2D eigenvalue weighted by molar-refractivity contribution is 14.0. The lowest BCUT2D eigenvalue weighted by Gasteiger charge is -2.41. The lowest BCUT2D eigenvalue weighted by molar-refractivity contribution is 0.131. The molecule has 6 nitrogen and oxygen atoms in total. The molecule has 2 aromatic rings. The lowest BCUT2D eigenvalue weighted by atomic mass is 9.67. The highest BCUT2D eigenvalue weighted by Crippen LogP contribution is 2.42. The molecule has 0 aromatic carbocycles. The van der Waals surface area contributed by atoms with E-state index in [-0.39, 0.29) is 24.0 Å². The van der Waals surface area contributed by atoms with Crippen molar-refractivity contribution in [1.82, 2.24) is 25.2 Å². The molecule has 0 saturated heterocycles. The number of halogens is 1. The second kappa shape index (κ2) is 8.64. The van der Waals surface area contributed by atoms with Crippen LogP contribution in [0.15, 0.2) is 29.4 Å². The maximum absolute atomic E-state index is 4.67. The SMILES string of the molecule is CCNC(=NCc1nnc2ccccn12)NCC1(CC)CCC1.I. The third kappa shape index (κ3) is 4.17. The van der Waals surface area contributed by atoms with Crippen LogP contribution >= 0.6 is 24.0 Å². The Morgan fingerprint density at radius 2 is 2.08 bits per heavy atom. The van der Waals surface area contributed by atoms with E-state index in [0.717, 1.165) is 30.5 Å². The third-order valence-corrected chi connectivity index (χ3v) is 4.90. The van der Waals surface area contributed by atoms with Crippen LogP contribution in [0.5, 0.6) is 0 Å². The molecule has 3 rings (SSSR count). The molecule has 2 N–H and O–H groups in total. The number of nitrogens with zero attached hydrogens (tertiary/aromatic N) is 4. The second-order valence-electron chi connectivity index (χ2n) is 6.30. The van der Waals surface area contributed by atoms with Crippen molar-refractivity contribution in [3.05, 3.63) is 30.2 Å². The summed E-state index contributed by atoms with van der Waals surface area (Å²) in [5.74, 6) is 1.71. The topological polar surface area (TPSA) is 66.6 Å². The fraction of sp³-hybridized carbons (Fsp3) is 0.588. The molecule has 2 heterocycles. The summed E-state index contributed by atoms with van der Waals surface area (Å²) in [4.78, 5) is 4.67. The smallest absolute Gasteiger partial charge is 0.191 e. The zero-order valence-electron chi connectivity index (χ0n) is 14.5. The van der Waals surface area contributed by atoms with Gasteiger partial charge >= 0.3 is 0 Å². The van der Waals surface area contributed by atoms with Gasteiger partial charge in [-0.3, -0.25) is 4.40 Å². The standard InChI is InChI=1S/C17H26N6.HI/c1-3-17(9-7-10-17)13-20-16(18-4-2)19-12-15-22-21-14-8-5-6-11-23(14)15;/h5-6,8,11H,3-4,7,9-10,12-13H2,1-2H3,(H2,18,19,20);1H. The number of hydrogen-bond acceptors (Lipinski definition) is 3. The summed E-state index contributed by atoms with van der Waals surface area (Å²) in [6.07, 6.45) is 7.21. The molecule has 0 atom stereocenters. The summed E-state index contributed by atoms with van der Waals surface area (Å²) < 4.78 is 1.98. The van der Waals surface area contributed by atoms with Crippen molar-refractivity contribution in [3.8, 4) is 0 Å². The molecular formula is C17H27IN6. The van der Waals surface area contributed by atoms with E-state index in [4.69, 9.17) is 0 Å². The van der Waals surface area contributed by atoms with E-state index >= 15 is 0 Å². The number of pyridine rings is 1. The first-order valence-electron chi connectivity index (χ1n) is 8.57. The Morgan fingerprint density at radius 1 is 1.25 bits per heavy atom. The van der Waals surface area contributed by atoms with Crippen LogP contribution in [0, 0.1) is 5.41 Å². The predicted molar refractivity (Wildman–Crippen MR) is 108 cm³/mol. The molecule has 0 amide bonds. The summed E-state index contributed by atoms with van der Waals surface area (Å²) in [5, 5.41) is 15.2. The lowest BCUT2D eigenvalue weighted by Crippen LogP contribution is -2.46. The Morgan fingerprint density at radius 3 is 2.75 bits per heavy atom. The molecule has 1 aliphatic carbocycles. The Hall–Kier alpha value is -1.38. The van der Waals surface area contributed by atoms with Gasteiger partial charge in [0.1, 0.15) is 6.54 Å². The molecule has 1 aliphatic rings. The van der Waals surface area contributed by atoms with Crippen molar-refractivity contribution in [1.29, 1.82) is 0 Å². The van der Waals surface area contributed by atoms with E-state index < -0.39 is 0 Å². The molecule has 24 heavy (non-hydrogen) atoms. The van der Waals surface area contributed by atoms with Crippen LogP contribution in [0.25, 0.3) is 5.65 Å². The Bertz CT molecular complexity index is 671. The molecule has 0 aliphatic heterocycles. The van der Waals surface area contributed by atoms with Crippen LogP contribution in [0.1, 0.15) is 45.4 Å². The molecule has 0 bridgehead atoms. The predicted octanol–water partition coefficient (Wildman–Crippen LogP) is 2.98. The number of hydrogen-bond donors (Lipinski definition) is 2. The average Bonchev–Trinajstić information content (AvgIpc) is 2.95. The van der Waals surface area contributed by atoms with Crippen molar-refractivity contribution < 1.29 is 0 Å². The molecule has 0 radical (unpaired) electrons. The largest absolute Gasteiger partial charge is 0.357 e. The number of guanidine groups is 1. The van der Waals surface area contributed by atoms with Gasteiger partial charge in [0.15, 0.2) is 17.4 Å². The van der Waals surface area contributed by atoms with E-state index in [0.29, 0.717) is 12.0 Å². The maximum Gasteiger partial charge on any atom is 0.191 e. The van der Waals surface area contributed by atoms with E-state index in [9.17, 15) is 0 Å². The number of aliphatic imine (C=N–C) groups is 1. The summed E-state index contributed by atoms with van der Waals surface area (Å²) >= 11 is 0. The molecular weight excluding hydrogens is 415 g/mol. The normalized spacial score (nSPS) is 16.3. The van der Waals surface area contributed by atoms with E-state index in [1.807, 2.05) is 28.8 Å². The maximum atomic E-state index is 4.67. The van der Waals surface area contributed by atoms with Crippen LogP contribution in [0.3, 0.4) is 0 Å². The van der Waals surface area contributed by atoms with Crippen molar-refractivity contribution in [2.45, 2.75) is 46.1 Å². The van der Waals surface area contributed by atoms with Gasteiger partial charge in [0.2, 0.25) is 0 Å². The Balaban J connectivity index is 0.00000208. The summed E-state index contributed by atoms with van der Waals surface area (Å²) in [7, 11) is 0. The fourth-order valence-electron chi connectivity index (χ4n) is 3.09. The minimum atomic E-state index is 0. The summed E-state index contributed by atoms with van der Waals surface area (Å²) in [5.41, 5.74) is 1.33. The van der Waals surface area contributed by atoms with Gasteiger partial charge in [0.25, 0.3) is 0 Å². The van der Waals surface area contributed by atoms with E-state index in [2.05, 4.69) is 39.7 Å². The van der Waals surface area contributed by atoms with Crippen molar-refractivity contribution in [2.24, 2.45) is 10.4 Å². The van der Waals surface area contributed by atoms with Crippen LogP contribution < -0.4 is 10.6 Å². The summed E-state index contributed by atoms with van der Waals surface area (Å²) in [6.45, 7) is 6.73. The van der Waals surface area contributed by atoms with Gasteiger partial charge in [0.05, 0.1) is 0 Å². The van der Waals surface area contributed by atoms with Gasteiger partial charge < -0.3 is 10.6 Å². The minimum Gasteiger partial charge on any atom is -0.357 e. The van der Waals surface area contributed by atoms with Crippen molar-refractivity contribution in [3.63, 3.8) is 0 Å². The number of rotatable bonds is 6. The van der Waals surface area contributed by atoms with Crippen LogP contribution in [0.4, 0.5) is 0 Å². The van der Waals surface area contributed by atoms with Crippen LogP contribution in [-0.4, -0.2) is 33.6 Å². The van der Waals surface area contributed by atoms with Gasteiger partial charge in [-0.25, -0.2) is 4.99 Å². The van der Waals surface area contributed by atoms with Crippen molar-refractivity contribution in [2.75, 3.05) is 13.1 Å². The van der Waals surface area contributed by atoms with Crippen LogP contribution in [0.2, 0.25) is 0 Å². The second-order valence-corrected chi connectivity index (χ2v) is 6.30. The van der Waals surface area contributed by atoms with Gasteiger partial charge in [-0.05, 0) is 43.7 Å². The van der Waals surface area contributed by atoms with Gasteiger partial charge in [-0.2, -0.15) is 0 Å². The monoisotopic (exact) mass is 442 g/mol. The van der Waals surface area contributed by atoms with Crippen LogP contribution in [-0.2, 0) is 6.54 Å². The van der Waals surface area contributed by atoms with Crippen molar-refractivity contribution >= 4 is 35.6 Å². The molecule has 0 spiro atoms. The number of nitrogens with one attached hydrogen (secondary N) is 2. The first kappa shape index (κ1) is 19.0. The number of fused-ring (bicyclic) bond motifs is 1. The molecule has 132 valence electrons. The van der Waals surface area contributed by atoms with Gasteiger partial charge in [-0.15, -0.1) is 34.2 Å². The fourth-order valence-corrected chi connectivity index (χ4v) is 3.09. The van der Waals surface area contributed by atoms with E-state index in [1.54, 1.807) is 0 Å². The first-order chi connectivity index (χ1) is 11.3. The zero-order valence-corrected chi connectivity index (χ0v) is 16.8. The molecule has 1 fully saturated rings. The highest BCUT2D eigenvalue weighted by Gasteiger charge is 2.34. The minimum absolute atomic E-state index is 0. The molecule has 1 saturated carbocycles. The highest BCUT2D eigenvalue weighted by atomic mass is 127. The van der Waals surface area contributed by atoms with Gasteiger partial charge in [-0.1, -0.05) is 19.4 Å². The first-order valence-corrected chi connectivity index (χ1v) is 8.57. The Labute approximate surface area is 160 Å². The molecule has 0 unspecified atom stereocenters.